The molecule has 1 atom stereocenters. The zero-order valence-electron chi connectivity index (χ0n) is 20.5. The fraction of sp³-hybridized carbons (Fsp3) is 0.400. The first kappa shape index (κ1) is 13.2. The SMILES string of the molecule is [2H]C([2H])(NC([2H])([2H])C1(F)CCN(C(=O)c2ccc(F)c(Cl)c2)CC1([2H])[2H])c1ccc(C)cn1. The van der Waals surface area contributed by atoms with Crippen LogP contribution in [-0.4, -0.2) is 41.0 Å². The molecule has 1 saturated heterocycles. The second kappa shape index (κ2) is 8.31. The number of hydrogen-bond acceptors (Lipinski definition) is 3. The number of rotatable bonds is 5. The van der Waals surface area contributed by atoms with Crippen LogP contribution in [0.2, 0.25) is 5.02 Å². The summed E-state index contributed by atoms with van der Waals surface area (Å²) in [5.74, 6) is -1.45. The highest BCUT2D eigenvalue weighted by atomic mass is 35.5. The Kier molecular flexibility index (Phi) is 4.06. The van der Waals surface area contributed by atoms with E-state index in [0.717, 1.165) is 22.6 Å². The van der Waals surface area contributed by atoms with Gasteiger partial charge in [-0.25, -0.2) is 8.78 Å². The van der Waals surface area contributed by atoms with E-state index in [4.69, 9.17) is 19.8 Å². The lowest BCUT2D eigenvalue weighted by Crippen LogP contribution is -2.48. The van der Waals surface area contributed by atoms with E-state index >= 15 is 4.39 Å². The number of piperidine rings is 1. The second-order valence-corrected chi connectivity index (χ2v) is 6.59. The Morgan fingerprint density at radius 3 is 2.93 bits per heavy atom. The summed E-state index contributed by atoms with van der Waals surface area (Å²) >= 11 is 5.70. The van der Waals surface area contributed by atoms with Gasteiger partial charge in [0.15, 0.2) is 0 Å². The number of nitrogens with zero attached hydrogens (tertiary/aromatic N) is 2. The molecule has 7 heteroatoms. The van der Waals surface area contributed by atoms with Gasteiger partial charge in [0.2, 0.25) is 0 Å². The summed E-state index contributed by atoms with van der Waals surface area (Å²) in [7, 11) is 0. The molecule has 0 spiro atoms. The minimum Gasteiger partial charge on any atom is -0.338 e. The van der Waals surface area contributed by atoms with E-state index in [0.29, 0.717) is 0 Å². The number of aryl methyl sites for hydroxylation is 1. The number of hydrogen-bond donors (Lipinski definition) is 1. The molecular weight excluding hydrogens is 372 g/mol. The van der Waals surface area contributed by atoms with Gasteiger partial charge in [0.1, 0.15) is 11.5 Å². The third kappa shape index (κ3) is 5.02. The lowest BCUT2D eigenvalue weighted by Gasteiger charge is -2.36. The molecular formula is C20H22ClF2N3O. The Balaban J connectivity index is 1.82. The maximum absolute atomic E-state index is 16.0. The summed E-state index contributed by atoms with van der Waals surface area (Å²) in [6, 6.07) is 6.12. The Labute approximate surface area is 171 Å². The minimum atomic E-state index is -3.19. The van der Waals surface area contributed by atoms with Crippen molar-refractivity contribution >= 4 is 17.5 Å². The van der Waals surface area contributed by atoms with Crippen molar-refractivity contribution in [3.8, 4) is 0 Å². The Morgan fingerprint density at radius 2 is 2.26 bits per heavy atom. The molecule has 2 aromatic rings. The van der Waals surface area contributed by atoms with Crippen molar-refractivity contribution in [1.82, 2.24) is 15.2 Å². The number of aromatic nitrogens is 1. The fourth-order valence-electron chi connectivity index (χ4n) is 2.51. The average molecular weight is 400 g/mol. The van der Waals surface area contributed by atoms with Gasteiger partial charge in [-0.1, -0.05) is 17.7 Å². The highest BCUT2D eigenvalue weighted by molar-refractivity contribution is 6.31. The number of carbonyl (C=O) groups is 1. The topological polar surface area (TPSA) is 45.2 Å². The maximum Gasteiger partial charge on any atom is 0.253 e. The number of benzene rings is 1. The third-order valence-corrected chi connectivity index (χ3v) is 4.38. The molecule has 0 bridgehead atoms. The van der Waals surface area contributed by atoms with E-state index in [1.807, 2.05) is 5.32 Å². The van der Waals surface area contributed by atoms with Crippen molar-refractivity contribution < 1.29 is 21.8 Å². The second-order valence-electron chi connectivity index (χ2n) is 6.18. The molecule has 27 heavy (non-hydrogen) atoms. The molecule has 1 aliphatic heterocycles. The van der Waals surface area contributed by atoms with Gasteiger partial charge in [-0.05, 0) is 36.8 Å². The van der Waals surface area contributed by atoms with E-state index in [1.165, 1.54) is 18.3 Å². The van der Waals surface area contributed by atoms with Crippen LogP contribution < -0.4 is 5.32 Å². The fourth-order valence-corrected chi connectivity index (χ4v) is 2.69. The largest absolute Gasteiger partial charge is 0.338 e. The number of pyridine rings is 1. The van der Waals surface area contributed by atoms with Gasteiger partial charge in [0.25, 0.3) is 5.91 Å². The van der Waals surface area contributed by atoms with E-state index in [2.05, 4.69) is 4.98 Å². The van der Waals surface area contributed by atoms with Gasteiger partial charge in [0, 0.05) is 58.9 Å². The Bertz CT molecular complexity index is 1060. The van der Waals surface area contributed by atoms with E-state index in [9.17, 15) is 9.18 Å². The first-order valence-corrected chi connectivity index (χ1v) is 8.63. The van der Waals surface area contributed by atoms with Crippen molar-refractivity contribution in [2.24, 2.45) is 0 Å². The van der Waals surface area contributed by atoms with Crippen LogP contribution in [0.5, 0.6) is 0 Å². The quantitative estimate of drug-likeness (QED) is 0.828. The van der Waals surface area contributed by atoms with Crippen molar-refractivity contribution in [1.29, 1.82) is 0 Å². The molecule has 1 unspecified atom stereocenters. The van der Waals surface area contributed by atoms with Gasteiger partial charge in [0.05, 0.1) is 10.7 Å². The van der Waals surface area contributed by atoms with Crippen molar-refractivity contribution in [3.63, 3.8) is 0 Å². The number of alkyl halides is 1. The van der Waals surface area contributed by atoms with Crippen molar-refractivity contribution in [3.05, 3.63) is 64.2 Å². The molecule has 4 nitrogen and oxygen atoms in total. The molecule has 1 amide bonds. The summed E-state index contributed by atoms with van der Waals surface area (Å²) in [5, 5.41) is 1.65. The third-order valence-electron chi connectivity index (χ3n) is 4.09. The molecule has 2 heterocycles. The Hall–Kier alpha value is -2.05. The number of carbonyl (C=O) groups excluding carboxylic acids is 1. The monoisotopic (exact) mass is 399 g/mol. The first-order valence-electron chi connectivity index (χ1n) is 11.3. The predicted octanol–water partition coefficient (Wildman–Crippen LogP) is 3.92. The van der Waals surface area contributed by atoms with Gasteiger partial charge in [-0.2, -0.15) is 0 Å². The molecule has 1 fully saturated rings. The molecule has 1 N–H and O–H groups in total. The molecule has 1 aromatic heterocycles. The van der Waals surface area contributed by atoms with Crippen LogP contribution in [0.3, 0.4) is 0 Å². The molecule has 144 valence electrons. The molecule has 0 radical (unpaired) electrons. The van der Waals surface area contributed by atoms with Gasteiger partial charge >= 0.3 is 0 Å². The number of halogens is 3. The van der Waals surface area contributed by atoms with Crippen LogP contribution in [0.1, 0.15) is 42.6 Å². The first-order chi connectivity index (χ1) is 15.1. The summed E-state index contributed by atoms with van der Waals surface area (Å²) < 4.78 is 78.6. The smallest absolute Gasteiger partial charge is 0.253 e. The average Bonchev–Trinajstić information content (AvgIpc) is 2.71. The minimum absolute atomic E-state index is 0.0218. The molecule has 0 saturated carbocycles. The summed E-state index contributed by atoms with van der Waals surface area (Å²) in [6.45, 7) is -5.19. The van der Waals surface area contributed by atoms with E-state index in [-0.39, 0.29) is 22.8 Å². The lowest BCUT2D eigenvalue weighted by molar-refractivity contribution is 0.0434. The van der Waals surface area contributed by atoms with Crippen LogP contribution in [0, 0.1) is 12.7 Å². The van der Waals surface area contributed by atoms with Crippen molar-refractivity contribution in [2.45, 2.75) is 31.9 Å². The number of amides is 1. The van der Waals surface area contributed by atoms with Gasteiger partial charge in [-0.3, -0.25) is 9.78 Å². The van der Waals surface area contributed by atoms with Crippen LogP contribution in [0.4, 0.5) is 8.78 Å². The highest BCUT2D eigenvalue weighted by Crippen LogP contribution is 2.27. The van der Waals surface area contributed by atoms with Crippen LogP contribution >= 0.6 is 11.6 Å². The van der Waals surface area contributed by atoms with Gasteiger partial charge in [-0.15, -0.1) is 0 Å². The molecule has 3 rings (SSSR count). The van der Waals surface area contributed by atoms with Crippen LogP contribution in [-0.2, 0) is 6.50 Å². The number of nitrogens with one attached hydrogen (secondary N) is 1. The molecule has 1 aliphatic rings. The van der Waals surface area contributed by atoms with Crippen LogP contribution in [0.25, 0.3) is 0 Å². The maximum atomic E-state index is 16.0. The molecule has 0 aliphatic carbocycles. The molecule has 1 aromatic carbocycles. The van der Waals surface area contributed by atoms with Gasteiger partial charge < -0.3 is 10.2 Å². The summed E-state index contributed by atoms with van der Waals surface area (Å²) in [6.07, 6.45) is -2.27. The Morgan fingerprint density at radius 1 is 1.44 bits per heavy atom. The van der Waals surface area contributed by atoms with E-state index < -0.39 is 49.7 Å². The van der Waals surface area contributed by atoms with Crippen LogP contribution in [0.15, 0.2) is 36.5 Å². The number of likely N-dealkylation sites (tertiary alicyclic amines) is 1. The zero-order valence-corrected chi connectivity index (χ0v) is 15.3. The summed E-state index contributed by atoms with van der Waals surface area (Å²) in [5.41, 5.74) is -2.65. The predicted molar refractivity (Wildman–Crippen MR) is 101 cm³/mol. The lowest BCUT2D eigenvalue weighted by atomic mass is 9.92. The normalized spacial score (nSPS) is 26.1. The zero-order chi connectivity index (χ0) is 24.8. The van der Waals surface area contributed by atoms with Crippen molar-refractivity contribution in [2.75, 3.05) is 19.6 Å². The summed E-state index contributed by atoms with van der Waals surface area (Å²) in [4.78, 5) is 17.6. The highest BCUT2D eigenvalue weighted by Gasteiger charge is 2.35. The van der Waals surface area contributed by atoms with E-state index in [1.54, 1.807) is 13.0 Å². The standard InChI is InChI=1S/C20H22ClF2N3O/c1-14-2-4-16(25-11-14)12-24-13-20(23)6-8-26(9-7-20)19(27)15-3-5-18(22)17(21)10-15/h2-5,10-11,24H,6-9,12-13H2,1H3/i6D2,12D2,13D2.